The molecular weight excluding hydrogens is 565 g/mol. The second-order valence-electron chi connectivity index (χ2n) is 11.8. The van der Waals surface area contributed by atoms with Crippen LogP contribution in [0.15, 0.2) is 152 Å². The van der Waals surface area contributed by atoms with Crippen LogP contribution < -0.4 is 0 Å². The third-order valence-corrected chi connectivity index (χ3v) is 10.5. The number of fused-ring (bicyclic) bond motifs is 9. The van der Waals surface area contributed by atoms with Crippen LogP contribution in [0.4, 0.5) is 0 Å². The Bertz CT molecular complexity index is 2720. The normalized spacial score (nSPS) is 12.0. The lowest BCUT2D eigenvalue weighted by Crippen LogP contribution is -1.93. The van der Waals surface area contributed by atoms with Gasteiger partial charge in [-0.1, -0.05) is 97.1 Å². The highest BCUT2D eigenvalue weighted by Gasteiger charge is 2.15. The molecule has 0 spiro atoms. The van der Waals surface area contributed by atoms with Gasteiger partial charge in [-0.15, -0.1) is 11.3 Å². The molecule has 10 aromatic rings. The van der Waals surface area contributed by atoms with Crippen LogP contribution in [-0.4, -0.2) is 9.55 Å². The van der Waals surface area contributed by atoms with Crippen molar-refractivity contribution in [3.8, 4) is 27.9 Å². The van der Waals surface area contributed by atoms with Gasteiger partial charge in [0.15, 0.2) is 0 Å². The smallest absolute Gasteiger partial charge is 0.0544 e. The van der Waals surface area contributed by atoms with Crippen LogP contribution in [0.2, 0.25) is 0 Å². The van der Waals surface area contributed by atoms with Gasteiger partial charge in [-0.2, -0.15) is 0 Å². The van der Waals surface area contributed by atoms with Crippen molar-refractivity contribution in [2.24, 2.45) is 0 Å². The molecule has 0 fully saturated rings. The lowest BCUT2D eigenvalue weighted by molar-refractivity contribution is 1.19. The molecule has 0 bridgehead atoms. The summed E-state index contributed by atoms with van der Waals surface area (Å²) in [5.41, 5.74) is 10.8. The van der Waals surface area contributed by atoms with Crippen molar-refractivity contribution in [2.75, 3.05) is 0 Å². The molecule has 0 aliphatic heterocycles. The molecule has 0 atom stereocenters. The molecule has 2 nitrogen and oxygen atoms in total. The lowest BCUT2D eigenvalue weighted by Gasteiger charge is -2.09. The number of nitrogens with one attached hydrogen (secondary N) is 1. The summed E-state index contributed by atoms with van der Waals surface area (Å²) >= 11 is 1.86. The first-order valence-corrected chi connectivity index (χ1v) is 16.2. The van der Waals surface area contributed by atoms with E-state index in [0.29, 0.717) is 0 Å². The van der Waals surface area contributed by atoms with Crippen LogP contribution in [-0.2, 0) is 0 Å². The van der Waals surface area contributed by atoms with Gasteiger partial charge in [0.2, 0.25) is 0 Å². The third-order valence-electron chi connectivity index (χ3n) is 9.34. The molecule has 0 amide bonds. The Kier molecular flexibility index (Phi) is 5.19. The van der Waals surface area contributed by atoms with E-state index in [2.05, 4.69) is 161 Å². The van der Waals surface area contributed by atoms with Crippen molar-refractivity contribution in [2.45, 2.75) is 0 Å². The molecule has 1 N–H and O–H groups in total. The molecular formula is C42H26N2S. The summed E-state index contributed by atoms with van der Waals surface area (Å²) in [6.45, 7) is 0. The van der Waals surface area contributed by atoms with Gasteiger partial charge in [0, 0.05) is 58.5 Å². The number of aromatic nitrogens is 2. The molecule has 0 saturated heterocycles. The topological polar surface area (TPSA) is 20.7 Å². The average molecular weight is 591 g/mol. The number of hydrogen-bond acceptors (Lipinski definition) is 1. The molecule has 45 heavy (non-hydrogen) atoms. The minimum absolute atomic E-state index is 1.15. The number of thiophene rings is 1. The molecule has 0 aliphatic carbocycles. The van der Waals surface area contributed by atoms with Gasteiger partial charge in [0.05, 0.1) is 16.6 Å². The molecule has 0 aliphatic rings. The zero-order chi connectivity index (χ0) is 29.5. The molecule has 0 saturated carbocycles. The SMILES string of the molecule is c1cc(-c2ccc3sc4ccccc4c3c2)cc(-c2cccc3c2[nH]c2ccc(-n4c5ccccc5c5ccccc54)cc23)c1. The van der Waals surface area contributed by atoms with Gasteiger partial charge in [0.1, 0.15) is 0 Å². The van der Waals surface area contributed by atoms with Crippen molar-refractivity contribution >= 4 is 75.1 Å². The van der Waals surface area contributed by atoms with Crippen LogP contribution in [0, 0.1) is 0 Å². The van der Waals surface area contributed by atoms with Crippen molar-refractivity contribution in [1.82, 2.24) is 9.55 Å². The average Bonchev–Trinajstić information content (AvgIpc) is 3.77. The highest BCUT2D eigenvalue weighted by atomic mass is 32.1. The zero-order valence-electron chi connectivity index (χ0n) is 24.3. The largest absolute Gasteiger partial charge is 0.354 e. The van der Waals surface area contributed by atoms with Crippen molar-refractivity contribution in [1.29, 1.82) is 0 Å². The Morgan fingerprint density at radius 1 is 0.422 bits per heavy atom. The molecule has 7 aromatic carbocycles. The van der Waals surface area contributed by atoms with Gasteiger partial charge >= 0.3 is 0 Å². The molecule has 10 rings (SSSR count). The van der Waals surface area contributed by atoms with Crippen molar-refractivity contribution in [3.05, 3.63) is 152 Å². The van der Waals surface area contributed by atoms with E-state index in [1.165, 1.54) is 86.2 Å². The third kappa shape index (κ3) is 3.68. The number of benzene rings is 7. The maximum Gasteiger partial charge on any atom is 0.0544 e. The minimum Gasteiger partial charge on any atom is -0.354 e. The van der Waals surface area contributed by atoms with E-state index in [0.717, 1.165) is 5.52 Å². The summed E-state index contributed by atoms with van der Waals surface area (Å²) in [5, 5.41) is 7.69. The molecule has 3 heterocycles. The summed E-state index contributed by atoms with van der Waals surface area (Å²) in [6.07, 6.45) is 0. The maximum absolute atomic E-state index is 3.78. The van der Waals surface area contributed by atoms with Crippen LogP contribution in [0.1, 0.15) is 0 Å². The first-order valence-electron chi connectivity index (χ1n) is 15.4. The lowest BCUT2D eigenvalue weighted by atomic mass is 9.96. The Morgan fingerprint density at radius 3 is 1.93 bits per heavy atom. The van der Waals surface area contributed by atoms with Gasteiger partial charge in [0.25, 0.3) is 0 Å². The minimum atomic E-state index is 1.15. The monoisotopic (exact) mass is 590 g/mol. The Hall–Kier alpha value is -5.64. The summed E-state index contributed by atoms with van der Waals surface area (Å²) in [6, 6.07) is 55.4. The van der Waals surface area contributed by atoms with E-state index in [9.17, 15) is 0 Å². The highest BCUT2D eigenvalue weighted by molar-refractivity contribution is 7.25. The van der Waals surface area contributed by atoms with Gasteiger partial charge < -0.3 is 9.55 Å². The summed E-state index contributed by atoms with van der Waals surface area (Å²) in [4.78, 5) is 3.78. The van der Waals surface area contributed by atoms with E-state index in [-0.39, 0.29) is 0 Å². The molecule has 210 valence electrons. The highest BCUT2D eigenvalue weighted by Crippen LogP contribution is 2.39. The van der Waals surface area contributed by atoms with E-state index in [4.69, 9.17) is 0 Å². The van der Waals surface area contributed by atoms with Crippen molar-refractivity contribution < 1.29 is 0 Å². The molecule has 3 heteroatoms. The maximum atomic E-state index is 3.78. The fraction of sp³-hybridized carbons (Fsp3) is 0. The number of hydrogen-bond donors (Lipinski definition) is 1. The number of aromatic amines is 1. The second-order valence-corrected chi connectivity index (χ2v) is 12.9. The predicted molar refractivity (Wildman–Crippen MR) is 194 cm³/mol. The van der Waals surface area contributed by atoms with Gasteiger partial charge in [-0.25, -0.2) is 0 Å². The first-order chi connectivity index (χ1) is 22.3. The Balaban J connectivity index is 1.12. The number of rotatable bonds is 3. The molecule has 0 radical (unpaired) electrons. The summed E-state index contributed by atoms with van der Waals surface area (Å²) in [5.74, 6) is 0. The van der Waals surface area contributed by atoms with E-state index < -0.39 is 0 Å². The number of H-pyrrole nitrogens is 1. The van der Waals surface area contributed by atoms with Crippen molar-refractivity contribution in [3.63, 3.8) is 0 Å². The number of para-hydroxylation sites is 3. The summed E-state index contributed by atoms with van der Waals surface area (Å²) < 4.78 is 5.06. The first kappa shape index (κ1) is 24.8. The van der Waals surface area contributed by atoms with Gasteiger partial charge in [-0.05, 0) is 71.3 Å². The van der Waals surface area contributed by atoms with Gasteiger partial charge in [-0.3, -0.25) is 0 Å². The van der Waals surface area contributed by atoms with Crippen LogP contribution >= 0.6 is 11.3 Å². The van der Waals surface area contributed by atoms with Crippen LogP contribution in [0.25, 0.3) is 91.7 Å². The van der Waals surface area contributed by atoms with Crippen LogP contribution in [0.5, 0.6) is 0 Å². The second kappa shape index (κ2) is 9.43. The Morgan fingerprint density at radius 2 is 1.09 bits per heavy atom. The summed E-state index contributed by atoms with van der Waals surface area (Å²) in [7, 11) is 0. The molecule has 0 unspecified atom stereocenters. The quantitative estimate of drug-likeness (QED) is 0.211. The molecule has 3 aromatic heterocycles. The predicted octanol–water partition coefficient (Wildman–Crippen LogP) is 12.1. The van der Waals surface area contributed by atoms with E-state index in [1.807, 2.05) is 11.3 Å². The fourth-order valence-electron chi connectivity index (χ4n) is 7.26. The standard InChI is InChI=1S/C42H26N2S/c1-4-16-38-31(11-1)32-12-2-5-17-39(32)44(38)29-20-21-37-35(25-29)34-15-8-14-30(42(34)43-37)28-10-7-9-26(23-28)27-19-22-41-36(24-27)33-13-3-6-18-40(33)45-41/h1-25,43H. The Labute approximate surface area is 263 Å². The number of nitrogens with zero attached hydrogens (tertiary/aromatic N) is 1. The fourth-order valence-corrected chi connectivity index (χ4v) is 8.35. The van der Waals surface area contributed by atoms with Crippen LogP contribution in [0.3, 0.4) is 0 Å². The zero-order valence-corrected chi connectivity index (χ0v) is 25.1. The van der Waals surface area contributed by atoms with E-state index >= 15 is 0 Å². The van der Waals surface area contributed by atoms with E-state index in [1.54, 1.807) is 0 Å².